The Morgan fingerprint density at radius 1 is 1.08 bits per heavy atom. The third kappa shape index (κ3) is 3.70. The fraction of sp³-hybridized carbons (Fsp3) is 0.895. The van der Waals surface area contributed by atoms with Crippen molar-refractivity contribution in [3.05, 3.63) is 0 Å². The third-order valence-electron chi connectivity index (χ3n) is 5.93. The van der Waals surface area contributed by atoms with Crippen LogP contribution in [0.5, 0.6) is 0 Å². The molecule has 0 bridgehead atoms. The van der Waals surface area contributed by atoms with Crippen LogP contribution in [0.4, 0.5) is 4.79 Å². The molecule has 5 heteroatoms. The first-order valence-corrected chi connectivity index (χ1v) is 9.09. The summed E-state index contributed by atoms with van der Waals surface area (Å²) in [5.41, 5.74) is -0.529. The lowest BCUT2D eigenvalue weighted by Crippen LogP contribution is -2.45. The van der Waals surface area contributed by atoms with E-state index in [-0.39, 0.29) is 16.8 Å². The lowest BCUT2D eigenvalue weighted by molar-refractivity contribution is -0.145. The van der Waals surface area contributed by atoms with E-state index in [1.807, 2.05) is 20.8 Å². The predicted molar refractivity (Wildman–Crippen MR) is 92.7 cm³/mol. The number of rotatable bonds is 1. The summed E-state index contributed by atoms with van der Waals surface area (Å²) in [6.45, 7) is 10.7. The molecular formula is C19H33NO4. The van der Waals surface area contributed by atoms with E-state index < -0.39 is 17.7 Å². The minimum absolute atomic E-state index is 0.0424. The first-order valence-electron chi connectivity index (χ1n) is 9.09. The average molecular weight is 339 g/mol. The molecule has 1 aliphatic heterocycles. The van der Waals surface area contributed by atoms with Crippen LogP contribution in [0, 0.1) is 10.8 Å². The van der Waals surface area contributed by atoms with Gasteiger partial charge in [-0.15, -0.1) is 0 Å². The number of carbonyl (C=O) groups excluding carboxylic acids is 2. The quantitative estimate of drug-likeness (QED) is 0.674. The number of methoxy groups -OCH3 is 1. The van der Waals surface area contributed by atoms with Crippen molar-refractivity contribution in [3.63, 3.8) is 0 Å². The van der Waals surface area contributed by atoms with Crippen LogP contribution in [0.1, 0.15) is 73.1 Å². The van der Waals surface area contributed by atoms with Crippen LogP contribution < -0.4 is 0 Å². The zero-order chi connectivity index (χ0) is 18.2. The molecule has 24 heavy (non-hydrogen) atoms. The highest BCUT2D eigenvalue weighted by Gasteiger charge is 2.56. The molecule has 2 aliphatic rings. The lowest BCUT2D eigenvalue weighted by Gasteiger charge is -2.43. The number of ether oxygens (including phenoxy) is 2. The molecule has 0 aromatic rings. The topological polar surface area (TPSA) is 55.8 Å². The Labute approximate surface area is 146 Å². The molecule has 2 atom stereocenters. The Kier molecular flexibility index (Phi) is 5.22. The minimum atomic E-state index is -0.577. The summed E-state index contributed by atoms with van der Waals surface area (Å²) in [4.78, 5) is 26.7. The van der Waals surface area contributed by atoms with Crippen LogP contribution in [0.2, 0.25) is 0 Å². The molecule has 2 rings (SSSR count). The number of carbonyl (C=O) groups is 2. The van der Waals surface area contributed by atoms with E-state index in [4.69, 9.17) is 9.47 Å². The zero-order valence-electron chi connectivity index (χ0n) is 16.1. The third-order valence-corrected chi connectivity index (χ3v) is 5.93. The fourth-order valence-corrected chi connectivity index (χ4v) is 4.32. The van der Waals surface area contributed by atoms with Crippen molar-refractivity contribution in [1.29, 1.82) is 0 Å². The molecule has 5 nitrogen and oxygen atoms in total. The molecule has 1 saturated carbocycles. The summed E-state index contributed by atoms with van der Waals surface area (Å²) in [5.74, 6) is -0.335. The van der Waals surface area contributed by atoms with Crippen LogP contribution in [-0.4, -0.2) is 42.3 Å². The first-order chi connectivity index (χ1) is 11.0. The van der Waals surface area contributed by atoms with Gasteiger partial charge in [0.2, 0.25) is 0 Å². The van der Waals surface area contributed by atoms with Gasteiger partial charge in [-0.3, -0.25) is 4.90 Å². The molecule has 1 spiro atoms. The molecule has 0 aromatic heterocycles. The van der Waals surface area contributed by atoms with Gasteiger partial charge in [-0.05, 0) is 50.9 Å². The summed E-state index contributed by atoms with van der Waals surface area (Å²) in [7, 11) is 1.39. The van der Waals surface area contributed by atoms with Gasteiger partial charge in [0.15, 0.2) is 0 Å². The fourth-order valence-electron chi connectivity index (χ4n) is 4.32. The highest BCUT2D eigenvalue weighted by Crippen LogP contribution is 2.56. The Bertz CT molecular complexity index is 494. The van der Waals surface area contributed by atoms with Gasteiger partial charge in [0.25, 0.3) is 0 Å². The predicted octanol–water partition coefficient (Wildman–Crippen LogP) is 4.15. The maximum Gasteiger partial charge on any atom is 0.411 e. The maximum atomic E-state index is 12.7. The average Bonchev–Trinajstić information content (AvgIpc) is 2.79. The Balaban J connectivity index is 2.32. The molecule has 1 amide bonds. The largest absolute Gasteiger partial charge is 0.467 e. The highest BCUT2D eigenvalue weighted by molar-refractivity contribution is 5.82. The monoisotopic (exact) mass is 339 g/mol. The number of hydrogen-bond acceptors (Lipinski definition) is 4. The zero-order valence-corrected chi connectivity index (χ0v) is 16.1. The second kappa shape index (κ2) is 6.57. The minimum Gasteiger partial charge on any atom is -0.467 e. The van der Waals surface area contributed by atoms with Gasteiger partial charge >= 0.3 is 12.1 Å². The van der Waals surface area contributed by atoms with Crippen molar-refractivity contribution in [2.45, 2.75) is 84.8 Å². The van der Waals surface area contributed by atoms with E-state index in [2.05, 4.69) is 13.8 Å². The van der Waals surface area contributed by atoms with E-state index in [1.165, 1.54) is 20.0 Å². The van der Waals surface area contributed by atoms with E-state index >= 15 is 0 Å². The van der Waals surface area contributed by atoms with Gasteiger partial charge in [0, 0.05) is 6.54 Å². The van der Waals surface area contributed by atoms with Crippen molar-refractivity contribution in [1.82, 2.24) is 4.90 Å². The molecule has 0 aromatic carbocycles. The standard InChI is InChI=1S/C19H33NO4/c1-17(2,3)24-16(22)20-13-19(12-14(20)15(21)23-6)11-9-7-8-10-18(19,4)5/h14H,7-13H2,1-6H3. The number of likely N-dealkylation sites (tertiary alicyclic amines) is 1. The van der Waals surface area contributed by atoms with Gasteiger partial charge in [0.1, 0.15) is 11.6 Å². The molecule has 1 saturated heterocycles. The summed E-state index contributed by atoms with van der Waals surface area (Å²) in [6, 6.07) is -0.540. The van der Waals surface area contributed by atoms with Crippen LogP contribution in [0.3, 0.4) is 0 Å². The van der Waals surface area contributed by atoms with Crippen LogP contribution in [0.15, 0.2) is 0 Å². The van der Waals surface area contributed by atoms with E-state index in [9.17, 15) is 9.59 Å². The second-order valence-electron chi connectivity index (χ2n) is 9.08. The van der Waals surface area contributed by atoms with Crippen molar-refractivity contribution in [2.24, 2.45) is 10.8 Å². The van der Waals surface area contributed by atoms with E-state index in [0.29, 0.717) is 13.0 Å². The summed E-state index contributed by atoms with van der Waals surface area (Å²) >= 11 is 0. The molecule has 1 heterocycles. The van der Waals surface area contributed by atoms with Crippen molar-refractivity contribution in [3.8, 4) is 0 Å². The van der Waals surface area contributed by atoms with E-state index in [0.717, 1.165) is 19.3 Å². The summed E-state index contributed by atoms with van der Waals surface area (Å²) in [5, 5.41) is 0. The van der Waals surface area contributed by atoms with Crippen LogP contribution >= 0.6 is 0 Å². The maximum absolute atomic E-state index is 12.7. The Morgan fingerprint density at radius 3 is 2.29 bits per heavy atom. The Morgan fingerprint density at radius 2 is 1.71 bits per heavy atom. The summed E-state index contributed by atoms with van der Waals surface area (Å²) < 4.78 is 10.5. The molecule has 0 radical (unpaired) electrons. The van der Waals surface area contributed by atoms with Gasteiger partial charge in [-0.2, -0.15) is 0 Å². The van der Waals surface area contributed by atoms with Gasteiger partial charge in [-0.1, -0.05) is 33.1 Å². The van der Waals surface area contributed by atoms with Crippen molar-refractivity contribution in [2.75, 3.05) is 13.7 Å². The summed E-state index contributed by atoms with van der Waals surface area (Å²) in [6.07, 6.45) is 6.03. The number of nitrogens with zero attached hydrogens (tertiary/aromatic N) is 1. The van der Waals surface area contributed by atoms with Gasteiger partial charge < -0.3 is 9.47 Å². The molecule has 0 N–H and O–H groups in total. The second-order valence-corrected chi connectivity index (χ2v) is 9.08. The van der Waals surface area contributed by atoms with Crippen molar-refractivity contribution < 1.29 is 19.1 Å². The highest BCUT2D eigenvalue weighted by atomic mass is 16.6. The number of amides is 1. The lowest BCUT2D eigenvalue weighted by atomic mass is 9.61. The molecule has 1 aliphatic carbocycles. The smallest absolute Gasteiger partial charge is 0.411 e. The molecule has 138 valence electrons. The Hall–Kier alpha value is -1.26. The first kappa shape index (κ1) is 19.1. The number of esters is 1. The van der Waals surface area contributed by atoms with Gasteiger partial charge in [-0.25, -0.2) is 9.59 Å². The normalized spacial score (nSPS) is 30.1. The van der Waals surface area contributed by atoms with Crippen LogP contribution in [-0.2, 0) is 14.3 Å². The van der Waals surface area contributed by atoms with E-state index in [1.54, 1.807) is 4.90 Å². The SMILES string of the molecule is COC(=O)C1CC2(CCCCCC2(C)C)CN1C(=O)OC(C)(C)C. The van der Waals surface area contributed by atoms with Gasteiger partial charge in [0.05, 0.1) is 7.11 Å². The molecule has 2 fully saturated rings. The van der Waals surface area contributed by atoms with Crippen LogP contribution in [0.25, 0.3) is 0 Å². The molecule has 2 unspecified atom stereocenters. The number of hydrogen-bond donors (Lipinski definition) is 0. The van der Waals surface area contributed by atoms with Crippen molar-refractivity contribution >= 4 is 12.1 Å². The molecular weight excluding hydrogens is 306 g/mol.